The van der Waals surface area contributed by atoms with Crippen LogP contribution in [0.2, 0.25) is 0 Å². The summed E-state index contributed by atoms with van der Waals surface area (Å²) in [5, 5.41) is 2.87. The maximum atomic E-state index is 11.8. The van der Waals surface area contributed by atoms with Crippen molar-refractivity contribution in [3.63, 3.8) is 0 Å². The van der Waals surface area contributed by atoms with Crippen molar-refractivity contribution in [1.29, 1.82) is 0 Å². The van der Waals surface area contributed by atoms with Crippen molar-refractivity contribution in [2.24, 2.45) is 0 Å². The third kappa shape index (κ3) is 3.68. The molecule has 0 bridgehead atoms. The minimum Gasteiger partial charge on any atom is -0.352 e. The molecule has 2 aromatic rings. The van der Waals surface area contributed by atoms with Crippen LogP contribution < -0.4 is 5.32 Å². The highest BCUT2D eigenvalue weighted by atomic mass is 16.1. The van der Waals surface area contributed by atoms with Crippen LogP contribution in [0.3, 0.4) is 0 Å². The number of nitrogens with zero attached hydrogens (tertiary/aromatic N) is 1. The predicted molar refractivity (Wildman–Crippen MR) is 75.2 cm³/mol. The molecule has 0 heterocycles. The summed E-state index contributed by atoms with van der Waals surface area (Å²) in [6, 6.07) is 16.7. The second-order valence-electron chi connectivity index (χ2n) is 4.15. The van der Waals surface area contributed by atoms with E-state index in [2.05, 4.69) is 10.2 Å². The lowest BCUT2D eigenvalue weighted by atomic mass is 10.1. The molecule has 0 aliphatic heterocycles. The lowest BCUT2D eigenvalue weighted by Crippen LogP contribution is -2.25. The molecule has 3 nitrogen and oxygen atoms in total. The number of benzene rings is 2. The van der Waals surface area contributed by atoms with Crippen molar-refractivity contribution in [2.75, 3.05) is 6.54 Å². The average molecular weight is 250 g/mol. The summed E-state index contributed by atoms with van der Waals surface area (Å²) in [6.45, 7) is 7.46. The van der Waals surface area contributed by atoms with Gasteiger partial charge in [0.1, 0.15) is 0 Å². The van der Waals surface area contributed by atoms with Crippen LogP contribution in [0.15, 0.2) is 54.6 Å². The van der Waals surface area contributed by atoms with Gasteiger partial charge in [-0.25, -0.2) is 4.85 Å². The maximum Gasteiger partial charge on any atom is 0.251 e. The molecule has 2 aromatic carbocycles. The Kier molecular flexibility index (Phi) is 4.30. The number of nitrogens with one attached hydrogen (secondary N) is 1. The fraction of sp³-hybridized carbons (Fsp3) is 0.125. The Bertz CT molecular complexity index is 582. The molecule has 3 heteroatoms. The lowest BCUT2D eigenvalue weighted by molar-refractivity contribution is 0.0954. The van der Waals surface area contributed by atoms with E-state index >= 15 is 0 Å². The minimum absolute atomic E-state index is 0.104. The minimum atomic E-state index is -0.104. The van der Waals surface area contributed by atoms with Crippen LogP contribution in [0.1, 0.15) is 15.9 Å². The number of amides is 1. The van der Waals surface area contributed by atoms with Crippen molar-refractivity contribution in [3.8, 4) is 0 Å². The van der Waals surface area contributed by atoms with Gasteiger partial charge in [0.15, 0.2) is 5.69 Å². The zero-order valence-electron chi connectivity index (χ0n) is 10.5. The predicted octanol–water partition coefficient (Wildman–Crippen LogP) is 3.21. The van der Waals surface area contributed by atoms with E-state index in [1.165, 1.54) is 5.56 Å². The molecule has 1 amide bonds. The molecule has 0 aliphatic carbocycles. The first-order valence-electron chi connectivity index (χ1n) is 6.09. The number of rotatable bonds is 4. The van der Waals surface area contributed by atoms with E-state index in [4.69, 9.17) is 6.57 Å². The summed E-state index contributed by atoms with van der Waals surface area (Å²) in [4.78, 5) is 15.1. The molecule has 0 spiro atoms. The van der Waals surface area contributed by atoms with Crippen LogP contribution in [-0.4, -0.2) is 12.5 Å². The average Bonchev–Trinajstić information content (AvgIpc) is 2.48. The van der Waals surface area contributed by atoms with Crippen LogP contribution in [0.5, 0.6) is 0 Å². The molecule has 0 atom stereocenters. The van der Waals surface area contributed by atoms with E-state index in [9.17, 15) is 4.79 Å². The molecule has 0 saturated heterocycles. The van der Waals surface area contributed by atoms with E-state index in [0.29, 0.717) is 17.8 Å². The smallest absolute Gasteiger partial charge is 0.251 e. The topological polar surface area (TPSA) is 33.5 Å². The summed E-state index contributed by atoms with van der Waals surface area (Å²) in [5.41, 5.74) is 2.33. The number of carbonyl (C=O) groups is 1. The Hall–Kier alpha value is -2.60. The van der Waals surface area contributed by atoms with Gasteiger partial charge in [0.05, 0.1) is 6.57 Å². The van der Waals surface area contributed by atoms with Gasteiger partial charge in [-0.2, -0.15) is 0 Å². The van der Waals surface area contributed by atoms with E-state index in [1.54, 1.807) is 24.3 Å². The van der Waals surface area contributed by atoms with Gasteiger partial charge in [-0.15, -0.1) is 0 Å². The van der Waals surface area contributed by atoms with Crippen LogP contribution >= 0.6 is 0 Å². The SMILES string of the molecule is [C-]#[N+]c1ccc(C(=O)NCCc2ccccc2)cc1. The lowest BCUT2D eigenvalue weighted by Gasteiger charge is -2.05. The van der Waals surface area contributed by atoms with Gasteiger partial charge in [0.2, 0.25) is 0 Å². The van der Waals surface area contributed by atoms with Gasteiger partial charge in [-0.05, 0) is 12.0 Å². The second-order valence-corrected chi connectivity index (χ2v) is 4.15. The number of carbonyl (C=O) groups excluding carboxylic acids is 1. The Balaban J connectivity index is 1.86. The van der Waals surface area contributed by atoms with Crippen molar-refractivity contribution in [2.45, 2.75) is 6.42 Å². The second kappa shape index (κ2) is 6.36. The first-order chi connectivity index (χ1) is 9.29. The van der Waals surface area contributed by atoms with Gasteiger partial charge in [0, 0.05) is 12.1 Å². The first kappa shape index (κ1) is 12.8. The Morgan fingerprint density at radius 3 is 2.37 bits per heavy atom. The van der Waals surface area contributed by atoms with E-state index in [0.717, 1.165) is 6.42 Å². The Morgan fingerprint density at radius 1 is 1.05 bits per heavy atom. The third-order valence-corrected chi connectivity index (χ3v) is 2.80. The zero-order valence-corrected chi connectivity index (χ0v) is 10.5. The molecule has 1 N–H and O–H groups in total. The van der Waals surface area contributed by atoms with Crippen molar-refractivity contribution in [3.05, 3.63) is 77.1 Å². The zero-order chi connectivity index (χ0) is 13.5. The normalized spacial score (nSPS) is 9.63. The van der Waals surface area contributed by atoms with Gasteiger partial charge >= 0.3 is 0 Å². The monoisotopic (exact) mass is 250 g/mol. The highest BCUT2D eigenvalue weighted by Crippen LogP contribution is 2.12. The molecule has 19 heavy (non-hydrogen) atoms. The fourth-order valence-electron chi connectivity index (χ4n) is 1.75. The van der Waals surface area contributed by atoms with Crippen molar-refractivity contribution in [1.82, 2.24) is 5.32 Å². The molecule has 0 fully saturated rings. The van der Waals surface area contributed by atoms with Crippen molar-refractivity contribution < 1.29 is 4.79 Å². The van der Waals surface area contributed by atoms with Gasteiger partial charge in [-0.1, -0.05) is 54.6 Å². The van der Waals surface area contributed by atoms with Gasteiger partial charge in [0.25, 0.3) is 5.91 Å². The highest BCUT2D eigenvalue weighted by Gasteiger charge is 2.04. The largest absolute Gasteiger partial charge is 0.352 e. The Morgan fingerprint density at radius 2 is 1.74 bits per heavy atom. The van der Waals surface area contributed by atoms with Gasteiger partial charge in [-0.3, -0.25) is 4.79 Å². The highest BCUT2D eigenvalue weighted by molar-refractivity contribution is 5.94. The fourth-order valence-corrected chi connectivity index (χ4v) is 1.75. The van der Waals surface area contributed by atoms with Crippen LogP contribution in [0.25, 0.3) is 4.85 Å². The summed E-state index contributed by atoms with van der Waals surface area (Å²) >= 11 is 0. The summed E-state index contributed by atoms with van der Waals surface area (Å²) in [6.07, 6.45) is 0.812. The van der Waals surface area contributed by atoms with Crippen LogP contribution in [-0.2, 0) is 6.42 Å². The molecule has 0 unspecified atom stereocenters. The Labute approximate surface area is 112 Å². The first-order valence-corrected chi connectivity index (χ1v) is 6.09. The molecule has 0 radical (unpaired) electrons. The number of hydrogen-bond acceptors (Lipinski definition) is 1. The van der Waals surface area contributed by atoms with E-state index in [1.807, 2.05) is 30.3 Å². The van der Waals surface area contributed by atoms with Gasteiger partial charge < -0.3 is 5.32 Å². The summed E-state index contributed by atoms with van der Waals surface area (Å²) in [5.74, 6) is -0.104. The maximum absolute atomic E-state index is 11.8. The molecule has 0 aromatic heterocycles. The molecule has 0 saturated carbocycles. The molecule has 2 rings (SSSR count). The number of hydrogen-bond donors (Lipinski definition) is 1. The van der Waals surface area contributed by atoms with Crippen LogP contribution in [0.4, 0.5) is 5.69 Å². The van der Waals surface area contributed by atoms with E-state index < -0.39 is 0 Å². The summed E-state index contributed by atoms with van der Waals surface area (Å²) < 4.78 is 0. The van der Waals surface area contributed by atoms with Crippen molar-refractivity contribution >= 4 is 11.6 Å². The van der Waals surface area contributed by atoms with E-state index in [-0.39, 0.29) is 5.91 Å². The third-order valence-electron chi connectivity index (χ3n) is 2.80. The quantitative estimate of drug-likeness (QED) is 0.830. The molecular weight excluding hydrogens is 236 g/mol. The summed E-state index contributed by atoms with van der Waals surface area (Å²) in [7, 11) is 0. The standard InChI is InChI=1S/C16H14N2O/c1-17-15-9-7-14(8-10-15)16(19)18-12-11-13-5-3-2-4-6-13/h2-10H,11-12H2,(H,18,19). The molecule has 0 aliphatic rings. The molecular formula is C16H14N2O. The van der Waals surface area contributed by atoms with Crippen LogP contribution in [0, 0.1) is 6.57 Å². The molecule has 94 valence electrons.